The van der Waals surface area contributed by atoms with Crippen molar-refractivity contribution in [3.05, 3.63) is 48.3 Å². The lowest BCUT2D eigenvalue weighted by atomic mass is 10.1. The van der Waals surface area contributed by atoms with E-state index < -0.39 is 11.6 Å². The van der Waals surface area contributed by atoms with Crippen LogP contribution in [-0.2, 0) is 4.74 Å². The third-order valence-electron chi connectivity index (χ3n) is 6.06. The zero-order valence-electron chi connectivity index (χ0n) is 20.8. The van der Waals surface area contributed by atoms with E-state index in [4.69, 9.17) is 9.84 Å². The van der Waals surface area contributed by atoms with Crippen LogP contribution in [0, 0.1) is 11.6 Å². The Bertz CT molecular complexity index is 1190. The summed E-state index contributed by atoms with van der Waals surface area (Å²) < 4.78 is 35.0. The van der Waals surface area contributed by atoms with E-state index in [9.17, 15) is 8.78 Å². The van der Waals surface area contributed by atoms with Crippen LogP contribution in [0.25, 0.3) is 11.3 Å². The fourth-order valence-electron chi connectivity index (χ4n) is 4.50. The molecule has 3 N–H and O–H groups in total. The summed E-state index contributed by atoms with van der Waals surface area (Å²) in [4.78, 5) is 17.1. The molecule has 11 heteroatoms. The van der Waals surface area contributed by atoms with E-state index in [0.717, 1.165) is 32.1 Å². The fourth-order valence-corrected chi connectivity index (χ4v) is 4.50. The smallest absolute Gasteiger partial charge is 0.229 e. The number of nitrogens with one attached hydrogen (secondary N) is 2. The van der Waals surface area contributed by atoms with Crippen molar-refractivity contribution in [3.63, 3.8) is 0 Å². The summed E-state index contributed by atoms with van der Waals surface area (Å²) in [7, 11) is 1.00. The maximum Gasteiger partial charge on any atom is 0.229 e. The van der Waals surface area contributed by atoms with Crippen LogP contribution in [0.3, 0.4) is 0 Å². The summed E-state index contributed by atoms with van der Waals surface area (Å²) in [6.45, 7) is 9.05. The minimum atomic E-state index is -0.629. The third-order valence-corrected chi connectivity index (χ3v) is 6.06. The van der Waals surface area contributed by atoms with Crippen molar-refractivity contribution in [1.82, 2.24) is 15.0 Å². The highest BCUT2D eigenvalue weighted by atomic mass is 19.1. The molecule has 1 saturated heterocycles. The quantitative estimate of drug-likeness (QED) is 0.481. The van der Waals surface area contributed by atoms with Crippen molar-refractivity contribution in [1.29, 1.82) is 0 Å². The molecule has 192 valence electrons. The number of rotatable bonds is 5. The molecule has 1 fully saturated rings. The van der Waals surface area contributed by atoms with Gasteiger partial charge in [-0.05, 0) is 45.0 Å². The van der Waals surface area contributed by atoms with Crippen LogP contribution >= 0.6 is 0 Å². The molecule has 0 saturated carbocycles. The molecule has 1 unspecified atom stereocenters. The highest BCUT2D eigenvalue weighted by molar-refractivity contribution is 5.82. The van der Waals surface area contributed by atoms with E-state index in [1.165, 1.54) is 6.07 Å². The molecule has 2 aromatic heterocycles. The Kier molecular flexibility index (Phi) is 7.80. The lowest BCUT2D eigenvalue weighted by Crippen LogP contribution is -2.38. The number of aromatic nitrogens is 3. The van der Waals surface area contributed by atoms with Crippen molar-refractivity contribution < 1.29 is 18.6 Å². The first-order valence-electron chi connectivity index (χ1n) is 11.8. The van der Waals surface area contributed by atoms with Crippen molar-refractivity contribution >= 4 is 28.8 Å². The summed E-state index contributed by atoms with van der Waals surface area (Å²) in [6.07, 6.45) is 2.78. The molecule has 2 aliphatic rings. The first-order valence-corrected chi connectivity index (χ1v) is 11.8. The number of hydrogen-bond donors (Lipinski definition) is 3. The number of morpholine rings is 1. The number of fused-ring (bicyclic) bond motifs is 1. The SMILES string of the molecule is CC(C)N1c2cc(-c3nc(Nc4ccc(N5CCOCC5)cn4)ncc3F)cc(F)c2NC1C.CO. The van der Waals surface area contributed by atoms with Crippen molar-refractivity contribution in [2.75, 3.05) is 53.8 Å². The third kappa shape index (κ3) is 5.17. The number of hydrogen-bond acceptors (Lipinski definition) is 9. The standard InChI is InChI=1S/C24H27F2N7O.CH4O/c1-14(2)33-15(3)29-23-18(25)10-16(11-20(23)33)22-19(26)13-28-24(31-22)30-21-5-4-17(12-27-21)32-6-8-34-9-7-32;1-2/h4-5,10-15,29H,6-9H2,1-3H3,(H,27,28,30,31);2H,1H3. The second-order valence-corrected chi connectivity index (χ2v) is 8.69. The van der Waals surface area contributed by atoms with Crippen molar-refractivity contribution in [2.45, 2.75) is 33.0 Å². The Hall–Kier alpha value is -3.57. The summed E-state index contributed by atoms with van der Waals surface area (Å²) in [5.41, 5.74) is 2.47. The Balaban J connectivity index is 0.00000148. The van der Waals surface area contributed by atoms with E-state index in [1.807, 2.05) is 32.9 Å². The van der Waals surface area contributed by atoms with Crippen LogP contribution in [-0.4, -0.2) is 65.7 Å². The van der Waals surface area contributed by atoms with Crippen LogP contribution in [0.2, 0.25) is 0 Å². The molecule has 4 heterocycles. The van der Waals surface area contributed by atoms with Gasteiger partial charge < -0.3 is 30.3 Å². The van der Waals surface area contributed by atoms with Crippen molar-refractivity contribution in [3.8, 4) is 11.3 Å². The lowest BCUT2D eigenvalue weighted by Gasteiger charge is -2.28. The fraction of sp³-hybridized carbons (Fsp3) is 0.400. The number of nitrogens with zero attached hydrogens (tertiary/aromatic N) is 5. The van der Waals surface area contributed by atoms with Crippen LogP contribution in [0.5, 0.6) is 0 Å². The molecule has 0 bridgehead atoms. The average molecular weight is 500 g/mol. The highest BCUT2D eigenvalue weighted by Gasteiger charge is 2.31. The van der Waals surface area contributed by atoms with E-state index in [-0.39, 0.29) is 23.8 Å². The number of benzene rings is 1. The van der Waals surface area contributed by atoms with Gasteiger partial charge in [-0.15, -0.1) is 0 Å². The van der Waals surface area contributed by atoms with Crippen LogP contribution in [0.4, 0.5) is 37.6 Å². The first kappa shape index (κ1) is 25.5. The molecule has 1 atom stereocenters. The normalized spacial score (nSPS) is 16.8. The molecular weight excluding hydrogens is 468 g/mol. The molecule has 1 aromatic carbocycles. The molecule has 0 amide bonds. The molecule has 36 heavy (non-hydrogen) atoms. The van der Waals surface area contributed by atoms with Gasteiger partial charge in [-0.1, -0.05) is 0 Å². The zero-order valence-corrected chi connectivity index (χ0v) is 20.8. The van der Waals surface area contributed by atoms with Crippen LogP contribution < -0.4 is 20.4 Å². The predicted molar refractivity (Wildman–Crippen MR) is 137 cm³/mol. The predicted octanol–water partition coefficient (Wildman–Crippen LogP) is 3.99. The molecule has 9 nitrogen and oxygen atoms in total. The second-order valence-electron chi connectivity index (χ2n) is 8.69. The Morgan fingerprint density at radius 1 is 1.08 bits per heavy atom. The molecule has 5 rings (SSSR count). The highest BCUT2D eigenvalue weighted by Crippen LogP contribution is 2.41. The molecule has 2 aliphatic heterocycles. The lowest BCUT2D eigenvalue weighted by molar-refractivity contribution is 0.122. The number of aliphatic hydroxyl groups is 1. The Morgan fingerprint density at radius 3 is 2.50 bits per heavy atom. The number of halogens is 2. The van der Waals surface area contributed by atoms with Gasteiger partial charge in [-0.2, -0.15) is 0 Å². The molecule has 0 aliphatic carbocycles. The van der Waals surface area contributed by atoms with Gasteiger partial charge in [0.05, 0.1) is 48.8 Å². The monoisotopic (exact) mass is 499 g/mol. The minimum Gasteiger partial charge on any atom is -0.400 e. The van der Waals surface area contributed by atoms with Gasteiger partial charge in [0.2, 0.25) is 5.95 Å². The molecule has 0 spiro atoms. The number of anilines is 5. The summed E-state index contributed by atoms with van der Waals surface area (Å²) >= 11 is 0. The Morgan fingerprint density at radius 2 is 1.83 bits per heavy atom. The molecule has 3 aromatic rings. The maximum absolute atomic E-state index is 14.9. The van der Waals surface area contributed by atoms with Crippen LogP contribution in [0.1, 0.15) is 20.8 Å². The zero-order chi connectivity index (χ0) is 25.8. The largest absolute Gasteiger partial charge is 0.400 e. The van der Waals surface area contributed by atoms with E-state index in [2.05, 4.69) is 35.4 Å². The maximum atomic E-state index is 14.9. The van der Waals surface area contributed by atoms with Gasteiger partial charge in [0.15, 0.2) is 5.82 Å². The van der Waals surface area contributed by atoms with Gasteiger partial charge in [-0.25, -0.2) is 23.7 Å². The summed E-state index contributed by atoms with van der Waals surface area (Å²) in [6, 6.07) is 6.97. The Labute approximate surface area is 209 Å². The first-order chi connectivity index (χ1) is 17.4. The minimum absolute atomic E-state index is 0.0207. The summed E-state index contributed by atoms with van der Waals surface area (Å²) in [5.74, 6) is -0.374. The molecule has 0 radical (unpaired) electrons. The van der Waals surface area contributed by atoms with E-state index in [1.54, 1.807) is 12.3 Å². The number of pyridine rings is 1. The van der Waals surface area contributed by atoms with Gasteiger partial charge in [-0.3, -0.25) is 0 Å². The van der Waals surface area contributed by atoms with Gasteiger partial charge in [0, 0.05) is 31.8 Å². The van der Waals surface area contributed by atoms with E-state index in [0.29, 0.717) is 36.0 Å². The number of aliphatic hydroxyl groups excluding tert-OH is 1. The van der Waals surface area contributed by atoms with Gasteiger partial charge in [0.25, 0.3) is 0 Å². The van der Waals surface area contributed by atoms with Gasteiger partial charge >= 0.3 is 0 Å². The second kappa shape index (κ2) is 11.0. The average Bonchev–Trinajstić information content (AvgIpc) is 3.24. The molecular formula is C25H31F2N7O2. The topological polar surface area (TPSA) is 98.7 Å². The summed E-state index contributed by atoms with van der Waals surface area (Å²) in [5, 5.41) is 13.2. The van der Waals surface area contributed by atoms with E-state index >= 15 is 0 Å². The number of ether oxygens (including phenoxy) is 1. The van der Waals surface area contributed by atoms with Gasteiger partial charge in [0.1, 0.15) is 17.3 Å². The van der Waals surface area contributed by atoms with Crippen molar-refractivity contribution in [2.24, 2.45) is 0 Å². The van der Waals surface area contributed by atoms with Crippen LogP contribution in [0.15, 0.2) is 36.7 Å².